The highest BCUT2D eigenvalue weighted by Gasteiger charge is 2.17. The van der Waals surface area contributed by atoms with Crippen molar-refractivity contribution in [3.8, 4) is 51.7 Å². The summed E-state index contributed by atoms with van der Waals surface area (Å²) in [5.41, 5.74) is 7.60. The maximum absolute atomic E-state index is 9.90. The minimum atomic E-state index is -0.401. The van der Waals surface area contributed by atoms with Gasteiger partial charge in [0.2, 0.25) is 0 Å². The summed E-state index contributed by atoms with van der Waals surface area (Å²) in [6.45, 7) is -5.64. The van der Waals surface area contributed by atoms with Crippen LogP contribution in [0.25, 0.3) is 0 Å². The van der Waals surface area contributed by atoms with E-state index in [1.807, 2.05) is 18.2 Å². The third-order valence-corrected chi connectivity index (χ3v) is 14.7. The highest BCUT2D eigenvalue weighted by molar-refractivity contribution is 5.38. The second-order valence-corrected chi connectivity index (χ2v) is 22.7. The first-order valence-corrected chi connectivity index (χ1v) is 31.8. The van der Waals surface area contributed by atoms with Crippen LogP contribution in [0.2, 0.25) is 0 Å². The fourth-order valence-corrected chi connectivity index (χ4v) is 10.3. The number of nitrogens with zero attached hydrogens (tertiary/aromatic N) is 9. The molecule has 0 radical (unpaired) electrons. The van der Waals surface area contributed by atoms with Gasteiger partial charge < -0.3 is 104 Å². The Hall–Kier alpha value is -10.7. The van der Waals surface area contributed by atoms with Gasteiger partial charge in [0, 0.05) is 109 Å². The lowest BCUT2D eigenvalue weighted by Crippen LogP contribution is -2.09. The van der Waals surface area contributed by atoms with Crippen LogP contribution in [-0.2, 0) is 139 Å². The SMILES string of the molecule is OCc1cc(OCc2cc(OCc3cc(COc4cc(COc5cc(CO)nc(CO)c5)nc(COc5cc(CO)nc(CO)c5)c4)cc(COc4cc(COc5cc(CO)nc(CO)c5)nc(COc5cc(CO)nc(CO)c5)c4)c3)cc(COc3cc(CO)nc(CO)c3)n2)cc(CO)n1. The minimum Gasteiger partial charge on any atom is -0.489 e. The Morgan fingerprint density at radius 2 is 0.255 bits per heavy atom. The first-order chi connectivity index (χ1) is 49.7. The number of benzene rings is 1. The van der Waals surface area contributed by atoms with Crippen LogP contribution in [0.1, 0.15) is 119 Å². The lowest BCUT2D eigenvalue weighted by molar-refractivity contribution is 0.257. The zero-order valence-corrected chi connectivity index (χ0v) is 55.0. The summed E-state index contributed by atoms with van der Waals surface area (Å²) in [4.78, 5) is 39.6. The number of aliphatic hydroxyl groups excluding tert-OH is 12. The standard InChI is InChI=1S/C72H75N9O21/c82-22-46-4-64(5-47(23-83)73-46)97-37-58-16-70(17-59(79-58)38-98-65-6-48(24-84)74-49(7-65)25-85)94-34-43-1-44(35-95-71-18-60(39-99-66-8-50(26-86)75-51(9-66)27-87)80-61(19-71)40-100-67-10-52(28-88)76-53(11-67)29-89)3-45(2-43)36-96-72-20-62(41-101-68-12-54(30-90)77-55(13-68)31-91)81-63(21-72)42-102-69-14-56(32-92)78-57(15-69)33-93/h1-21,82-93H,22-42H2. The van der Waals surface area contributed by atoms with Gasteiger partial charge in [-0.3, -0.25) is 44.9 Å². The highest BCUT2D eigenvalue weighted by Crippen LogP contribution is 2.29. The maximum Gasteiger partial charge on any atom is 0.130 e. The fraction of sp³-hybridized carbons (Fsp3) is 0.292. The van der Waals surface area contributed by atoms with Crippen molar-refractivity contribution in [2.45, 2.75) is 139 Å². The van der Waals surface area contributed by atoms with Crippen molar-refractivity contribution in [1.82, 2.24) is 44.9 Å². The van der Waals surface area contributed by atoms with E-state index in [1.165, 1.54) is 72.8 Å². The Kier molecular flexibility index (Phi) is 26.9. The molecule has 9 heterocycles. The summed E-state index contributed by atoms with van der Waals surface area (Å²) < 4.78 is 56.7. The summed E-state index contributed by atoms with van der Waals surface area (Å²) in [5.74, 6) is 2.87. The van der Waals surface area contributed by atoms with E-state index in [-0.39, 0.29) is 128 Å². The Labute approximate surface area is 583 Å². The Bertz CT molecular complexity index is 3620. The van der Waals surface area contributed by atoms with Crippen molar-refractivity contribution < 1.29 is 104 Å². The molecule has 30 heteroatoms. The molecule has 0 unspecified atom stereocenters. The molecule has 12 N–H and O–H groups in total. The number of aromatic nitrogens is 9. The molecule has 0 aliphatic rings. The van der Waals surface area contributed by atoms with Gasteiger partial charge in [0.1, 0.15) is 111 Å². The van der Waals surface area contributed by atoms with Crippen LogP contribution in [0.4, 0.5) is 0 Å². The van der Waals surface area contributed by atoms with Gasteiger partial charge >= 0.3 is 0 Å². The first kappa shape index (κ1) is 74.0. The van der Waals surface area contributed by atoms with Crippen LogP contribution in [-0.4, -0.2) is 106 Å². The zero-order valence-electron chi connectivity index (χ0n) is 55.0. The lowest BCUT2D eigenvalue weighted by atomic mass is 10.1. The van der Waals surface area contributed by atoms with Gasteiger partial charge in [0.05, 0.1) is 182 Å². The number of hydrogen-bond acceptors (Lipinski definition) is 30. The van der Waals surface area contributed by atoms with Gasteiger partial charge in [-0.1, -0.05) is 0 Å². The van der Waals surface area contributed by atoms with Crippen molar-refractivity contribution >= 4 is 0 Å². The quantitative estimate of drug-likeness (QED) is 0.0255. The van der Waals surface area contributed by atoms with Crippen molar-refractivity contribution in [2.24, 2.45) is 0 Å². The van der Waals surface area contributed by atoms with E-state index in [2.05, 4.69) is 29.9 Å². The van der Waals surface area contributed by atoms with E-state index < -0.39 is 79.3 Å². The normalized spacial score (nSPS) is 11.2. The molecule has 30 nitrogen and oxygen atoms in total. The Morgan fingerprint density at radius 3 is 0.382 bits per heavy atom. The zero-order chi connectivity index (χ0) is 71.7. The van der Waals surface area contributed by atoms with E-state index >= 15 is 0 Å². The summed E-state index contributed by atoms with van der Waals surface area (Å²) in [6.07, 6.45) is 0. The van der Waals surface area contributed by atoms with Gasteiger partial charge in [-0.2, -0.15) is 0 Å². The summed E-state index contributed by atoms with van der Waals surface area (Å²) in [5, 5.41) is 119. The molecule has 1 aromatic carbocycles. The molecule has 9 aromatic heterocycles. The van der Waals surface area contributed by atoms with Gasteiger partial charge in [0.25, 0.3) is 0 Å². The minimum absolute atomic E-state index is 0.0535. The van der Waals surface area contributed by atoms with E-state index in [4.69, 9.17) is 57.6 Å². The van der Waals surface area contributed by atoms with Crippen molar-refractivity contribution in [1.29, 1.82) is 0 Å². The number of rotatable bonds is 39. The first-order valence-electron chi connectivity index (χ1n) is 31.8. The molecule has 0 bridgehead atoms. The third kappa shape index (κ3) is 21.9. The smallest absolute Gasteiger partial charge is 0.130 e. The average Bonchev–Trinajstić information content (AvgIpc) is 0.853. The Morgan fingerprint density at radius 1 is 0.147 bits per heavy atom. The largest absolute Gasteiger partial charge is 0.489 e. The van der Waals surface area contributed by atoms with Gasteiger partial charge in [0.15, 0.2) is 0 Å². The molecule has 0 spiro atoms. The molecule has 102 heavy (non-hydrogen) atoms. The van der Waals surface area contributed by atoms with E-state index in [1.54, 1.807) is 36.4 Å². The highest BCUT2D eigenvalue weighted by atomic mass is 16.5. The van der Waals surface area contributed by atoms with E-state index in [0.29, 0.717) is 103 Å². The van der Waals surface area contributed by atoms with Gasteiger partial charge in [-0.15, -0.1) is 0 Å². The molecule has 0 saturated carbocycles. The van der Waals surface area contributed by atoms with Crippen LogP contribution >= 0.6 is 0 Å². The van der Waals surface area contributed by atoms with Crippen molar-refractivity contribution in [2.75, 3.05) is 0 Å². The number of pyridine rings is 9. The monoisotopic (exact) mass is 1400 g/mol. The van der Waals surface area contributed by atoms with E-state index in [0.717, 1.165) is 0 Å². The number of aliphatic hydroxyl groups is 12. The fourth-order valence-electron chi connectivity index (χ4n) is 10.3. The molecule has 0 atom stereocenters. The van der Waals surface area contributed by atoms with Crippen molar-refractivity contribution in [3.63, 3.8) is 0 Å². The predicted molar refractivity (Wildman–Crippen MR) is 355 cm³/mol. The third-order valence-electron chi connectivity index (χ3n) is 14.7. The van der Waals surface area contributed by atoms with Gasteiger partial charge in [-0.05, 0) is 34.9 Å². The van der Waals surface area contributed by atoms with Crippen LogP contribution in [0, 0.1) is 0 Å². The molecule has 0 aliphatic carbocycles. The van der Waals surface area contributed by atoms with Gasteiger partial charge in [-0.25, -0.2) is 0 Å². The molecule has 534 valence electrons. The summed E-state index contributed by atoms with van der Waals surface area (Å²) in [6, 6.07) is 34.1. The van der Waals surface area contributed by atoms with Crippen molar-refractivity contribution in [3.05, 3.63) is 247 Å². The topological polar surface area (TPSA) is 442 Å². The molecule has 0 amide bonds. The van der Waals surface area contributed by atoms with E-state index in [9.17, 15) is 61.3 Å². The molecule has 0 fully saturated rings. The summed E-state index contributed by atoms with van der Waals surface area (Å²) in [7, 11) is 0. The van der Waals surface area contributed by atoms with Crippen LogP contribution < -0.4 is 42.6 Å². The lowest BCUT2D eigenvalue weighted by Gasteiger charge is -2.16. The molecule has 0 saturated heterocycles. The number of hydrogen-bond donors (Lipinski definition) is 12. The van der Waals surface area contributed by atoms with Crippen LogP contribution in [0.5, 0.6) is 51.7 Å². The summed E-state index contributed by atoms with van der Waals surface area (Å²) >= 11 is 0. The van der Waals surface area contributed by atoms with Crippen LogP contribution in [0.15, 0.2) is 127 Å². The molecular formula is C72H75N9O21. The Balaban J connectivity index is 0.980. The second kappa shape index (κ2) is 37.1. The molecule has 0 aliphatic heterocycles. The molecular weight excluding hydrogens is 1330 g/mol. The maximum atomic E-state index is 9.90. The second-order valence-electron chi connectivity index (χ2n) is 22.7. The number of ether oxygens (including phenoxy) is 9. The van der Waals surface area contributed by atoms with Crippen LogP contribution in [0.3, 0.4) is 0 Å². The molecule has 10 aromatic rings. The predicted octanol–water partition coefficient (Wildman–Crippen LogP) is 4.36. The average molecular weight is 1400 g/mol. The molecule has 10 rings (SSSR count).